The number of hydrogen-bond donors (Lipinski definition) is 1. The zero-order valence-electron chi connectivity index (χ0n) is 16.0. The van der Waals surface area contributed by atoms with Gasteiger partial charge in [-0.25, -0.2) is 4.98 Å². The molecular formula is C22H24N4O2. The Labute approximate surface area is 164 Å². The van der Waals surface area contributed by atoms with Crippen molar-refractivity contribution < 1.29 is 4.74 Å². The molecule has 1 aromatic heterocycles. The van der Waals surface area contributed by atoms with Gasteiger partial charge in [-0.3, -0.25) is 14.7 Å². The number of nitrogens with one attached hydrogen (secondary N) is 1. The first-order valence-electron chi connectivity index (χ1n) is 9.48. The van der Waals surface area contributed by atoms with Crippen LogP contribution in [0.15, 0.2) is 65.5 Å². The SMILES string of the molecule is COc1cccc(-c2cc(=O)[nH]c(N3CCN(Cc4ccccc4)CC3)n2)c1. The minimum absolute atomic E-state index is 0.144. The highest BCUT2D eigenvalue weighted by Crippen LogP contribution is 2.23. The van der Waals surface area contributed by atoms with Crippen molar-refractivity contribution in [2.24, 2.45) is 0 Å². The number of H-pyrrole nitrogens is 1. The molecule has 1 N–H and O–H groups in total. The molecule has 144 valence electrons. The van der Waals surface area contributed by atoms with Gasteiger partial charge in [0.1, 0.15) is 5.75 Å². The number of methoxy groups -OCH3 is 1. The number of nitrogens with zero attached hydrogens (tertiary/aromatic N) is 3. The molecule has 1 saturated heterocycles. The lowest BCUT2D eigenvalue weighted by atomic mass is 10.1. The molecule has 0 aliphatic carbocycles. The number of rotatable bonds is 5. The fourth-order valence-corrected chi connectivity index (χ4v) is 3.48. The zero-order chi connectivity index (χ0) is 19.3. The Morgan fingerprint density at radius 3 is 2.54 bits per heavy atom. The van der Waals surface area contributed by atoms with Crippen LogP contribution in [0.5, 0.6) is 5.75 Å². The number of aromatic amines is 1. The average Bonchev–Trinajstić information content (AvgIpc) is 2.74. The molecule has 4 rings (SSSR count). The molecule has 0 bridgehead atoms. The maximum absolute atomic E-state index is 12.2. The van der Waals surface area contributed by atoms with Crippen molar-refractivity contribution in [2.45, 2.75) is 6.54 Å². The molecule has 1 aliphatic heterocycles. The zero-order valence-corrected chi connectivity index (χ0v) is 16.0. The van der Waals surface area contributed by atoms with E-state index < -0.39 is 0 Å². The third-order valence-corrected chi connectivity index (χ3v) is 5.02. The first kappa shape index (κ1) is 18.3. The second-order valence-electron chi connectivity index (χ2n) is 6.93. The number of piperazine rings is 1. The molecule has 1 aliphatic rings. The van der Waals surface area contributed by atoms with Crippen molar-refractivity contribution >= 4 is 5.95 Å². The van der Waals surface area contributed by atoms with E-state index in [0.717, 1.165) is 44.0 Å². The summed E-state index contributed by atoms with van der Waals surface area (Å²) in [6.45, 7) is 4.47. The normalized spacial score (nSPS) is 14.8. The molecule has 6 nitrogen and oxygen atoms in total. The highest BCUT2D eigenvalue weighted by molar-refractivity contribution is 5.62. The smallest absolute Gasteiger partial charge is 0.252 e. The van der Waals surface area contributed by atoms with Crippen molar-refractivity contribution in [3.63, 3.8) is 0 Å². The van der Waals surface area contributed by atoms with Crippen molar-refractivity contribution in [3.8, 4) is 17.0 Å². The topological polar surface area (TPSA) is 61.5 Å². The minimum Gasteiger partial charge on any atom is -0.497 e. The molecule has 0 amide bonds. The molecule has 3 aromatic rings. The fraction of sp³-hybridized carbons (Fsp3) is 0.273. The maximum Gasteiger partial charge on any atom is 0.252 e. The summed E-state index contributed by atoms with van der Waals surface area (Å²) in [5.74, 6) is 1.38. The summed E-state index contributed by atoms with van der Waals surface area (Å²) >= 11 is 0. The summed E-state index contributed by atoms with van der Waals surface area (Å²) in [6, 6.07) is 19.6. The molecule has 2 heterocycles. The summed E-state index contributed by atoms with van der Waals surface area (Å²) in [5.41, 5.74) is 2.70. The third kappa shape index (κ3) is 4.23. The standard InChI is InChI=1S/C22H24N4O2/c1-28-19-9-5-8-18(14-19)20-15-21(27)24-22(23-20)26-12-10-25(11-13-26)16-17-6-3-2-4-7-17/h2-9,14-15H,10-13,16H2,1H3,(H,23,24,27). The van der Waals surface area contributed by atoms with Gasteiger partial charge in [0.2, 0.25) is 5.95 Å². The van der Waals surface area contributed by atoms with E-state index in [1.807, 2.05) is 30.3 Å². The van der Waals surface area contributed by atoms with Gasteiger partial charge in [-0.15, -0.1) is 0 Å². The van der Waals surface area contributed by atoms with Crippen LogP contribution in [-0.2, 0) is 6.54 Å². The van der Waals surface area contributed by atoms with E-state index in [-0.39, 0.29) is 5.56 Å². The molecular weight excluding hydrogens is 352 g/mol. The van der Waals surface area contributed by atoms with Crippen molar-refractivity contribution in [2.75, 3.05) is 38.2 Å². The molecule has 0 saturated carbocycles. The lowest BCUT2D eigenvalue weighted by molar-refractivity contribution is 0.248. The minimum atomic E-state index is -0.144. The van der Waals surface area contributed by atoms with E-state index in [1.54, 1.807) is 7.11 Å². The van der Waals surface area contributed by atoms with Gasteiger partial charge in [0.25, 0.3) is 5.56 Å². The van der Waals surface area contributed by atoms with E-state index in [9.17, 15) is 4.79 Å². The lowest BCUT2D eigenvalue weighted by Gasteiger charge is -2.35. The first-order valence-corrected chi connectivity index (χ1v) is 9.48. The second kappa shape index (κ2) is 8.27. The van der Waals surface area contributed by atoms with Crippen LogP contribution >= 0.6 is 0 Å². The number of anilines is 1. The molecule has 1 fully saturated rings. The number of aromatic nitrogens is 2. The van der Waals surface area contributed by atoms with Gasteiger partial charge in [-0.05, 0) is 17.7 Å². The summed E-state index contributed by atoms with van der Waals surface area (Å²) in [7, 11) is 1.63. The molecule has 0 radical (unpaired) electrons. The van der Waals surface area contributed by atoms with Gasteiger partial charge in [0.15, 0.2) is 0 Å². The summed E-state index contributed by atoms with van der Waals surface area (Å²) in [4.78, 5) is 24.4. The van der Waals surface area contributed by atoms with E-state index >= 15 is 0 Å². The number of ether oxygens (including phenoxy) is 1. The van der Waals surface area contributed by atoms with Crippen LogP contribution in [0.25, 0.3) is 11.3 Å². The van der Waals surface area contributed by atoms with Crippen LogP contribution in [0.2, 0.25) is 0 Å². The molecule has 0 spiro atoms. The molecule has 28 heavy (non-hydrogen) atoms. The Morgan fingerprint density at radius 1 is 1.00 bits per heavy atom. The summed E-state index contributed by atoms with van der Waals surface area (Å²) in [6.07, 6.45) is 0. The van der Waals surface area contributed by atoms with E-state index in [1.165, 1.54) is 11.6 Å². The molecule has 0 unspecified atom stereocenters. The van der Waals surface area contributed by atoms with Crippen molar-refractivity contribution in [1.82, 2.24) is 14.9 Å². The molecule has 0 atom stereocenters. The van der Waals surface area contributed by atoms with Crippen LogP contribution in [0.1, 0.15) is 5.56 Å². The Kier molecular flexibility index (Phi) is 5.39. The molecule has 6 heteroatoms. The molecule has 2 aromatic carbocycles. The highest BCUT2D eigenvalue weighted by Gasteiger charge is 2.19. The van der Waals surface area contributed by atoms with Gasteiger partial charge >= 0.3 is 0 Å². The predicted octanol–water partition coefficient (Wildman–Crippen LogP) is 2.77. The monoisotopic (exact) mass is 376 g/mol. The highest BCUT2D eigenvalue weighted by atomic mass is 16.5. The van der Waals surface area contributed by atoms with E-state index in [0.29, 0.717) is 11.6 Å². The maximum atomic E-state index is 12.2. The van der Waals surface area contributed by atoms with Gasteiger partial charge in [-0.2, -0.15) is 0 Å². The fourth-order valence-electron chi connectivity index (χ4n) is 3.48. The summed E-state index contributed by atoms with van der Waals surface area (Å²) in [5, 5.41) is 0. The average molecular weight is 376 g/mol. The van der Waals surface area contributed by atoms with Crippen LogP contribution in [-0.4, -0.2) is 48.2 Å². The van der Waals surface area contributed by atoms with Gasteiger partial charge in [0, 0.05) is 44.4 Å². The Hall–Kier alpha value is -3.12. The van der Waals surface area contributed by atoms with Gasteiger partial charge in [-0.1, -0.05) is 42.5 Å². The number of benzene rings is 2. The van der Waals surface area contributed by atoms with Crippen molar-refractivity contribution in [3.05, 3.63) is 76.6 Å². The Bertz CT molecular complexity index is 979. The summed E-state index contributed by atoms with van der Waals surface area (Å²) < 4.78 is 5.28. The van der Waals surface area contributed by atoms with Gasteiger partial charge in [0.05, 0.1) is 12.8 Å². The van der Waals surface area contributed by atoms with E-state index in [2.05, 4.69) is 39.0 Å². The van der Waals surface area contributed by atoms with Crippen LogP contribution < -0.4 is 15.2 Å². The number of hydrogen-bond acceptors (Lipinski definition) is 5. The van der Waals surface area contributed by atoms with Crippen molar-refractivity contribution in [1.29, 1.82) is 0 Å². The van der Waals surface area contributed by atoms with Gasteiger partial charge < -0.3 is 9.64 Å². The Morgan fingerprint density at radius 2 is 1.79 bits per heavy atom. The first-order chi connectivity index (χ1) is 13.7. The van der Waals surface area contributed by atoms with E-state index in [4.69, 9.17) is 9.72 Å². The van der Waals surface area contributed by atoms with Crippen LogP contribution in [0.3, 0.4) is 0 Å². The van der Waals surface area contributed by atoms with Crippen LogP contribution in [0, 0.1) is 0 Å². The largest absolute Gasteiger partial charge is 0.497 e. The quantitative estimate of drug-likeness (QED) is 0.742. The Balaban J connectivity index is 1.48. The lowest BCUT2D eigenvalue weighted by Crippen LogP contribution is -2.46. The van der Waals surface area contributed by atoms with Crippen LogP contribution in [0.4, 0.5) is 5.95 Å². The third-order valence-electron chi connectivity index (χ3n) is 5.02. The predicted molar refractivity (Wildman–Crippen MR) is 111 cm³/mol. The second-order valence-corrected chi connectivity index (χ2v) is 6.93.